The molecule has 36 heavy (non-hydrogen) atoms. The first kappa shape index (κ1) is 26.3. The molecule has 188 valence electrons. The van der Waals surface area contributed by atoms with E-state index in [9.17, 15) is 18.0 Å². The summed E-state index contributed by atoms with van der Waals surface area (Å²) in [6.45, 7) is 9.10. The number of rotatable bonds is 6. The van der Waals surface area contributed by atoms with Gasteiger partial charge in [0.05, 0.1) is 17.0 Å². The number of hydrogen-bond acceptors (Lipinski definition) is 4. The number of carbonyl (C=O) groups excluding carboxylic acids is 2. The summed E-state index contributed by atoms with van der Waals surface area (Å²) in [5.74, 6) is -0.977. The van der Waals surface area contributed by atoms with E-state index in [-0.39, 0.29) is 11.3 Å². The fraction of sp³-hybridized carbons (Fsp3) is 0.286. The highest BCUT2D eigenvalue weighted by atomic mass is 79.9. The van der Waals surface area contributed by atoms with Crippen LogP contribution in [0.1, 0.15) is 47.2 Å². The second kappa shape index (κ2) is 9.92. The third kappa shape index (κ3) is 4.53. The third-order valence-electron chi connectivity index (χ3n) is 7.01. The lowest BCUT2D eigenvalue weighted by Gasteiger charge is -2.34. The lowest BCUT2D eigenvalue weighted by atomic mass is 10.0. The van der Waals surface area contributed by atoms with Crippen LogP contribution in [0.25, 0.3) is 0 Å². The SMILES string of the molecule is Cc1cc(C)c(C)c(S(=O)(=O)N(C2CC(=O)N(c3ccc(Br)cc3)C2=O)C(C)c2ccccc2)c1C. The minimum absolute atomic E-state index is 0.199. The van der Waals surface area contributed by atoms with Crippen molar-refractivity contribution in [2.24, 2.45) is 0 Å². The molecule has 1 fully saturated rings. The van der Waals surface area contributed by atoms with E-state index < -0.39 is 33.9 Å². The highest BCUT2D eigenvalue weighted by Gasteiger charge is 2.49. The molecule has 0 spiro atoms. The summed E-state index contributed by atoms with van der Waals surface area (Å²) in [4.78, 5) is 28.2. The average Bonchev–Trinajstić information content (AvgIpc) is 3.12. The molecule has 1 saturated heterocycles. The van der Waals surface area contributed by atoms with Gasteiger partial charge >= 0.3 is 0 Å². The molecule has 2 atom stereocenters. The number of benzene rings is 3. The van der Waals surface area contributed by atoms with Gasteiger partial charge < -0.3 is 0 Å². The Morgan fingerprint density at radius 3 is 2.03 bits per heavy atom. The molecule has 1 heterocycles. The van der Waals surface area contributed by atoms with Crippen molar-refractivity contribution >= 4 is 43.5 Å². The number of hydrogen-bond donors (Lipinski definition) is 0. The van der Waals surface area contributed by atoms with Gasteiger partial charge in [-0.25, -0.2) is 13.3 Å². The molecular weight excluding hydrogens is 540 g/mol. The molecule has 0 aliphatic carbocycles. The largest absolute Gasteiger partial charge is 0.274 e. The molecule has 3 aromatic rings. The second-order valence-electron chi connectivity index (χ2n) is 9.27. The molecule has 4 rings (SSSR count). The topological polar surface area (TPSA) is 74.8 Å². The predicted molar refractivity (Wildman–Crippen MR) is 144 cm³/mol. The quantitative estimate of drug-likeness (QED) is 0.354. The van der Waals surface area contributed by atoms with E-state index in [4.69, 9.17) is 0 Å². The monoisotopic (exact) mass is 568 g/mol. The minimum atomic E-state index is -4.18. The average molecular weight is 570 g/mol. The summed E-state index contributed by atoms with van der Waals surface area (Å²) in [6.07, 6.45) is -0.228. The maximum absolute atomic E-state index is 14.5. The molecule has 2 unspecified atom stereocenters. The molecule has 8 heteroatoms. The van der Waals surface area contributed by atoms with Crippen molar-refractivity contribution < 1.29 is 18.0 Å². The van der Waals surface area contributed by atoms with E-state index in [1.165, 1.54) is 4.31 Å². The lowest BCUT2D eigenvalue weighted by molar-refractivity contribution is -0.122. The van der Waals surface area contributed by atoms with Crippen LogP contribution in [-0.4, -0.2) is 30.6 Å². The first-order valence-electron chi connectivity index (χ1n) is 11.7. The molecule has 0 bridgehead atoms. The summed E-state index contributed by atoms with van der Waals surface area (Å²) >= 11 is 3.37. The van der Waals surface area contributed by atoms with Gasteiger partial charge in [-0.2, -0.15) is 4.31 Å². The molecule has 0 saturated carbocycles. The smallest absolute Gasteiger partial charge is 0.252 e. The molecule has 1 aliphatic heterocycles. The molecule has 6 nitrogen and oxygen atoms in total. The molecule has 0 radical (unpaired) electrons. The number of nitrogens with zero attached hydrogens (tertiary/aromatic N) is 2. The van der Waals surface area contributed by atoms with Crippen LogP contribution in [-0.2, 0) is 19.6 Å². The standard InChI is InChI=1S/C28H29BrN2O4S/c1-17-15-18(2)20(4)27(19(17)3)36(34,35)31(21(5)22-9-7-6-8-10-22)25-16-26(32)30(28(25)33)24-13-11-23(29)12-14-24/h6-15,21,25H,16H2,1-5H3. The third-order valence-corrected chi connectivity index (χ3v) is 9.79. The Hall–Kier alpha value is -2.81. The number of anilines is 1. The Labute approximate surface area is 221 Å². The Balaban J connectivity index is 1.89. The van der Waals surface area contributed by atoms with Gasteiger partial charge in [-0.1, -0.05) is 52.3 Å². The summed E-state index contributed by atoms with van der Waals surface area (Å²) in [5.41, 5.74) is 4.15. The van der Waals surface area contributed by atoms with Crippen molar-refractivity contribution in [2.75, 3.05) is 4.90 Å². The van der Waals surface area contributed by atoms with Crippen molar-refractivity contribution in [1.29, 1.82) is 0 Å². The zero-order valence-electron chi connectivity index (χ0n) is 20.9. The van der Waals surface area contributed by atoms with E-state index in [0.717, 1.165) is 26.1 Å². The summed E-state index contributed by atoms with van der Waals surface area (Å²) < 4.78 is 31.0. The van der Waals surface area contributed by atoms with E-state index in [2.05, 4.69) is 15.9 Å². The van der Waals surface area contributed by atoms with Crippen molar-refractivity contribution in [1.82, 2.24) is 4.31 Å². The normalized spacial score (nSPS) is 17.2. The van der Waals surface area contributed by atoms with Crippen LogP contribution in [0.15, 0.2) is 70.0 Å². The van der Waals surface area contributed by atoms with E-state index in [1.807, 2.05) is 50.2 Å². The molecule has 1 aliphatic rings. The van der Waals surface area contributed by atoms with Gasteiger partial charge in [0.2, 0.25) is 15.9 Å². The highest BCUT2D eigenvalue weighted by Crippen LogP contribution is 2.38. The first-order valence-corrected chi connectivity index (χ1v) is 14.0. The van der Waals surface area contributed by atoms with E-state index in [0.29, 0.717) is 16.8 Å². The second-order valence-corrected chi connectivity index (χ2v) is 12.0. The van der Waals surface area contributed by atoms with Crippen LogP contribution in [0.3, 0.4) is 0 Å². The predicted octanol–water partition coefficient (Wildman–Crippen LogP) is 5.77. The van der Waals surface area contributed by atoms with Crippen LogP contribution in [0, 0.1) is 27.7 Å². The number of aryl methyl sites for hydroxylation is 2. The van der Waals surface area contributed by atoms with Gasteiger partial charge in [-0.05, 0) is 86.7 Å². The maximum Gasteiger partial charge on any atom is 0.252 e. The van der Waals surface area contributed by atoms with Gasteiger partial charge in [0.25, 0.3) is 5.91 Å². The Morgan fingerprint density at radius 1 is 0.917 bits per heavy atom. The number of imide groups is 1. The van der Waals surface area contributed by atoms with Crippen molar-refractivity contribution in [3.63, 3.8) is 0 Å². The molecule has 3 aromatic carbocycles. The van der Waals surface area contributed by atoms with Gasteiger partial charge in [-0.3, -0.25) is 9.59 Å². The Morgan fingerprint density at radius 2 is 1.47 bits per heavy atom. The van der Waals surface area contributed by atoms with Crippen molar-refractivity contribution in [3.05, 3.63) is 93.0 Å². The van der Waals surface area contributed by atoms with E-state index in [1.54, 1.807) is 45.0 Å². The fourth-order valence-corrected chi connectivity index (χ4v) is 7.48. The molecule has 2 amide bonds. The Bertz CT molecular complexity index is 1410. The van der Waals surface area contributed by atoms with Crippen LogP contribution in [0.5, 0.6) is 0 Å². The van der Waals surface area contributed by atoms with E-state index >= 15 is 0 Å². The molecule has 0 N–H and O–H groups in total. The first-order chi connectivity index (χ1) is 16.9. The summed E-state index contributed by atoms with van der Waals surface area (Å²) in [6, 6.07) is 16.1. The summed E-state index contributed by atoms with van der Waals surface area (Å²) in [7, 11) is -4.18. The maximum atomic E-state index is 14.5. The number of carbonyl (C=O) groups is 2. The number of halogens is 1. The van der Waals surface area contributed by atoms with Gasteiger partial charge in [-0.15, -0.1) is 0 Å². The van der Waals surface area contributed by atoms with Gasteiger partial charge in [0, 0.05) is 10.5 Å². The van der Waals surface area contributed by atoms with Crippen molar-refractivity contribution in [2.45, 2.75) is 58.0 Å². The molecule has 0 aromatic heterocycles. The van der Waals surface area contributed by atoms with Gasteiger partial charge in [0.1, 0.15) is 6.04 Å². The van der Waals surface area contributed by atoms with Crippen LogP contribution in [0.4, 0.5) is 5.69 Å². The lowest BCUT2D eigenvalue weighted by Crippen LogP contribution is -2.47. The van der Waals surface area contributed by atoms with Crippen LogP contribution < -0.4 is 4.90 Å². The number of amides is 2. The van der Waals surface area contributed by atoms with Crippen LogP contribution >= 0.6 is 15.9 Å². The Kier molecular flexibility index (Phi) is 7.23. The van der Waals surface area contributed by atoms with Gasteiger partial charge in [0.15, 0.2) is 0 Å². The van der Waals surface area contributed by atoms with Crippen LogP contribution in [0.2, 0.25) is 0 Å². The zero-order valence-corrected chi connectivity index (χ0v) is 23.4. The zero-order chi connectivity index (χ0) is 26.4. The van der Waals surface area contributed by atoms with Crippen molar-refractivity contribution in [3.8, 4) is 0 Å². The minimum Gasteiger partial charge on any atom is -0.274 e. The number of sulfonamides is 1. The highest BCUT2D eigenvalue weighted by molar-refractivity contribution is 9.10. The summed E-state index contributed by atoms with van der Waals surface area (Å²) in [5, 5.41) is 0. The molecular formula is C28H29BrN2O4S. The fourth-order valence-electron chi connectivity index (χ4n) is 4.87.